The van der Waals surface area contributed by atoms with Crippen LogP contribution in [0.3, 0.4) is 0 Å². The van der Waals surface area contributed by atoms with Crippen molar-refractivity contribution in [2.24, 2.45) is 0 Å². The van der Waals surface area contributed by atoms with Gasteiger partial charge in [0.05, 0.1) is 26.7 Å². The molecule has 38 heavy (non-hydrogen) atoms. The van der Waals surface area contributed by atoms with Crippen molar-refractivity contribution in [3.63, 3.8) is 0 Å². The van der Waals surface area contributed by atoms with E-state index in [1.54, 1.807) is 0 Å². The van der Waals surface area contributed by atoms with Gasteiger partial charge in [-0.25, -0.2) is 0 Å². The fraction of sp³-hybridized carbons (Fsp3) is 1.00. The molecule has 0 spiro atoms. The molecule has 0 radical (unpaired) electrons. The Labute approximate surface area is 244 Å². The number of hydrogen-bond acceptors (Lipinski definition) is 0. The van der Waals surface area contributed by atoms with Crippen molar-refractivity contribution in [3.05, 3.63) is 0 Å². The molecule has 0 aromatic carbocycles. The van der Waals surface area contributed by atoms with Crippen LogP contribution in [0.4, 0.5) is 0 Å². The standard InChI is InChI=1S/C37H78N/c1-5-8-11-14-17-20-21-22-23-24-25-28-31-34-37-38(4,35-32-29-26-18-15-12-9-6-2)36-33-30-27-19-16-13-10-7-3/h5-37H2,1-4H3/q+1. The lowest BCUT2D eigenvalue weighted by molar-refractivity contribution is -0.910. The molecular formula is C37H78N+. The van der Waals surface area contributed by atoms with E-state index < -0.39 is 0 Å². The Kier molecular flexibility index (Phi) is 31.5. The van der Waals surface area contributed by atoms with Crippen LogP contribution in [0, 0.1) is 0 Å². The minimum atomic E-state index is 1.37. The highest BCUT2D eigenvalue weighted by atomic mass is 15.3. The lowest BCUT2D eigenvalue weighted by Gasteiger charge is -2.35. The maximum absolute atomic E-state index is 2.60. The van der Waals surface area contributed by atoms with Crippen molar-refractivity contribution in [2.75, 3.05) is 26.7 Å². The molecule has 0 saturated heterocycles. The first-order valence-electron chi connectivity index (χ1n) is 18.5. The summed E-state index contributed by atoms with van der Waals surface area (Å²) in [5.74, 6) is 0. The lowest BCUT2D eigenvalue weighted by atomic mass is 10.0. The van der Waals surface area contributed by atoms with Gasteiger partial charge in [-0.2, -0.15) is 0 Å². The summed E-state index contributed by atoms with van der Waals surface area (Å²) in [6.07, 6.45) is 43.8. The molecule has 0 aliphatic carbocycles. The summed E-state index contributed by atoms with van der Waals surface area (Å²) in [6.45, 7) is 11.3. The minimum Gasteiger partial charge on any atom is -0.326 e. The molecule has 1 heteroatoms. The van der Waals surface area contributed by atoms with Crippen LogP contribution in [0.5, 0.6) is 0 Å². The van der Waals surface area contributed by atoms with E-state index in [4.69, 9.17) is 0 Å². The second kappa shape index (κ2) is 31.5. The molecule has 0 aliphatic rings. The molecule has 0 unspecified atom stereocenters. The average molecular weight is 537 g/mol. The summed E-state index contributed by atoms with van der Waals surface area (Å²) in [7, 11) is 2.60. The maximum atomic E-state index is 2.60. The largest absolute Gasteiger partial charge is 0.326 e. The monoisotopic (exact) mass is 537 g/mol. The molecule has 1 nitrogen and oxygen atoms in total. The van der Waals surface area contributed by atoms with E-state index in [1.807, 2.05) is 0 Å². The van der Waals surface area contributed by atoms with E-state index in [-0.39, 0.29) is 0 Å². The molecule has 230 valence electrons. The number of nitrogens with zero attached hydrogens (tertiary/aromatic N) is 1. The van der Waals surface area contributed by atoms with Gasteiger partial charge in [0.1, 0.15) is 0 Å². The molecule has 0 atom stereocenters. The van der Waals surface area contributed by atoms with Gasteiger partial charge in [0.25, 0.3) is 0 Å². The fourth-order valence-corrected chi connectivity index (χ4v) is 6.28. The molecule has 0 rings (SSSR count). The second-order valence-corrected chi connectivity index (χ2v) is 13.3. The molecule has 0 aromatic heterocycles. The Hall–Kier alpha value is -0.0400. The first kappa shape index (κ1) is 38.0. The van der Waals surface area contributed by atoms with E-state index in [2.05, 4.69) is 27.8 Å². The number of unbranched alkanes of at least 4 members (excludes halogenated alkanes) is 27. The van der Waals surface area contributed by atoms with Gasteiger partial charge in [0, 0.05) is 0 Å². The van der Waals surface area contributed by atoms with Crippen LogP contribution < -0.4 is 0 Å². The second-order valence-electron chi connectivity index (χ2n) is 13.3. The molecule has 0 aromatic rings. The predicted octanol–water partition coefficient (Wildman–Crippen LogP) is 13.2. The molecule has 0 fully saturated rings. The van der Waals surface area contributed by atoms with Crippen molar-refractivity contribution in [1.29, 1.82) is 0 Å². The highest BCUT2D eigenvalue weighted by molar-refractivity contribution is 4.53. The van der Waals surface area contributed by atoms with Gasteiger partial charge in [-0.05, 0) is 38.5 Å². The molecular weight excluding hydrogens is 458 g/mol. The van der Waals surface area contributed by atoms with E-state index in [0.29, 0.717) is 0 Å². The number of rotatable bonds is 33. The summed E-state index contributed by atoms with van der Waals surface area (Å²) in [5, 5.41) is 0. The Bertz CT molecular complexity index is 397. The van der Waals surface area contributed by atoms with Gasteiger partial charge in [-0.3, -0.25) is 0 Å². The van der Waals surface area contributed by atoms with Crippen LogP contribution in [-0.2, 0) is 0 Å². The normalized spacial score (nSPS) is 12.0. The van der Waals surface area contributed by atoms with Gasteiger partial charge in [0.2, 0.25) is 0 Å². The molecule has 0 N–H and O–H groups in total. The van der Waals surface area contributed by atoms with E-state index >= 15 is 0 Å². The molecule has 0 saturated carbocycles. The lowest BCUT2D eigenvalue weighted by Crippen LogP contribution is -2.46. The molecule has 0 amide bonds. The summed E-state index contributed by atoms with van der Waals surface area (Å²) < 4.78 is 1.37. The Morgan fingerprint density at radius 2 is 0.395 bits per heavy atom. The van der Waals surface area contributed by atoms with Crippen molar-refractivity contribution in [2.45, 2.75) is 213 Å². The number of hydrogen-bond donors (Lipinski definition) is 0. The summed E-state index contributed by atoms with van der Waals surface area (Å²) in [4.78, 5) is 0. The zero-order valence-corrected chi connectivity index (χ0v) is 27.8. The van der Waals surface area contributed by atoms with Crippen molar-refractivity contribution in [3.8, 4) is 0 Å². The predicted molar refractivity (Wildman–Crippen MR) is 176 cm³/mol. The topological polar surface area (TPSA) is 0 Å². The quantitative estimate of drug-likeness (QED) is 0.0577. The van der Waals surface area contributed by atoms with Gasteiger partial charge in [-0.1, -0.05) is 175 Å². The van der Waals surface area contributed by atoms with Gasteiger partial charge >= 0.3 is 0 Å². The van der Waals surface area contributed by atoms with Crippen LogP contribution >= 0.6 is 0 Å². The van der Waals surface area contributed by atoms with E-state index in [0.717, 1.165) is 0 Å². The third-order valence-corrected chi connectivity index (χ3v) is 9.15. The summed E-state index contributed by atoms with van der Waals surface area (Å²) in [5.41, 5.74) is 0. The van der Waals surface area contributed by atoms with Crippen LogP contribution in [-0.4, -0.2) is 31.2 Å². The number of quaternary nitrogens is 1. The van der Waals surface area contributed by atoms with E-state index in [1.165, 1.54) is 217 Å². The van der Waals surface area contributed by atoms with Gasteiger partial charge in [-0.15, -0.1) is 0 Å². The van der Waals surface area contributed by atoms with Crippen LogP contribution in [0.2, 0.25) is 0 Å². The van der Waals surface area contributed by atoms with Crippen LogP contribution in [0.1, 0.15) is 213 Å². The average Bonchev–Trinajstić information content (AvgIpc) is 2.92. The highest BCUT2D eigenvalue weighted by Crippen LogP contribution is 2.18. The first-order valence-corrected chi connectivity index (χ1v) is 18.5. The van der Waals surface area contributed by atoms with Crippen LogP contribution in [0.15, 0.2) is 0 Å². The first-order chi connectivity index (χ1) is 18.7. The zero-order valence-electron chi connectivity index (χ0n) is 27.8. The highest BCUT2D eigenvalue weighted by Gasteiger charge is 2.20. The van der Waals surface area contributed by atoms with Crippen molar-refractivity contribution in [1.82, 2.24) is 0 Å². The Balaban J connectivity index is 3.96. The van der Waals surface area contributed by atoms with Crippen LogP contribution in [0.25, 0.3) is 0 Å². The minimum absolute atomic E-state index is 1.37. The smallest absolute Gasteiger partial charge is 0.0784 e. The summed E-state index contributed by atoms with van der Waals surface area (Å²) >= 11 is 0. The molecule has 0 bridgehead atoms. The maximum Gasteiger partial charge on any atom is 0.0784 e. The third-order valence-electron chi connectivity index (χ3n) is 9.15. The Morgan fingerprint density at radius 3 is 0.579 bits per heavy atom. The zero-order chi connectivity index (χ0) is 27.8. The van der Waals surface area contributed by atoms with Gasteiger partial charge in [0.15, 0.2) is 0 Å². The van der Waals surface area contributed by atoms with Gasteiger partial charge < -0.3 is 4.48 Å². The SMILES string of the molecule is CCCCCCCCCCCCCCCC[N+](C)(CCCCCCCCCC)CCCCCCCCCC. The third kappa shape index (κ3) is 29.0. The molecule has 0 heterocycles. The summed E-state index contributed by atoms with van der Waals surface area (Å²) in [6, 6.07) is 0. The molecule has 0 aliphatic heterocycles. The fourth-order valence-electron chi connectivity index (χ4n) is 6.28. The van der Waals surface area contributed by atoms with Crippen molar-refractivity contribution >= 4 is 0 Å². The Morgan fingerprint density at radius 1 is 0.237 bits per heavy atom. The van der Waals surface area contributed by atoms with Crippen molar-refractivity contribution < 1.29 is 4.48 Å². The van der Waals surface area contributed by atoms with E-state index in [9.17, 15) is 0 Å².